The van der Waals surface area contributed by atoms with Crippen LogP contribution in [0.4, 0.5) is 16.2 Å². The number of anilines is 2. The van der Waals surface area contributed by atoms with Gasteiger partial charge in [0.15, 0.2) is 0 Å². The summed E-state index contributed by atoms with van der Waals surface area (Å²) < 4.78 is 5.27. The Bertz CT molecular complexity index is 1230. The molecular weight excluding hydrogens is 466 g/mol. The van der Waals surface area contributed by atoms with Gasteiger partial charge >= 0.3 is 6.03 Å². The number of nitrogens with one attached hydrogen (secondary N) is 3. The third-order valence-electron chi connectivity index (χ3n) is 6.54. The number of hydrogen-bond donors (Lipinski definition) is 3. The molecule has 35 heavy (non-hydrogen) atoms. The number of aromatic nitrogens is 1. The van der Waals surface area contributed by atoms with Crippen LogP contribution in [0.25, 0.3) is 0 Å². The van der Waals surface area contributed by atoms with Gasteiger partial charge in [0.1, 0.15) is 5.75 Å². The molecule has 9 heteroatoms. The van der Waals surface area contributed by atoms with Crippen molar-refractivity contribution in [2.24, 2.45) is 0 Å². The lowest BCUT2D eigenvalue weighted by Gasteiger charge is -2.40. The Kier molecular flexibility index (Phi) is 6.46. The number of piperidine rings is 1. The van der Waals surface area contributed by atoms with E-state index < -0.39 is 0 Å². The Morgan fingerprint density at radius 3 is 2.74 bits per heavy atom. The van der Waals surface area contributed by atoms with Crippen LogP contribution in [0, 0.1) is 0 Å². The summed E-state index contributed by atoms with van der Waals surface area (Å²) in [6.07, 6.45) is 2.38. The number of amides is 3. The summed E-state index contributed by atoms with van der Waals surface area (Å²) in [6, 6.07) is 16.3. The SMILES string of the molecule is COc1ccc([C@@H]2CN(c3cccc4c3C(=O)NC4)CC[C@H]2NC(=O)Nc2ccc(Cl)cc2)nc1. The van der Waals surface area contributed by atoms with Gasteiger partial charge in [-0.1, -0.05) is 23.7 Å². The molecule has 1 saturated heterocycles. The van der Waals surface area contributed by atoms with Gasteiger partial charge < -0.3 is 25.6 Å². The maximum atomic E-state index is 12.8. The molecule has 0 radical (unpaired) electrons. The molecule has 5 rings (SSSR count). The molecule has 0 saturated carbocycles. The number of fused-ring (bicyclic) bond motifs is 1. The molecule has 2 aliphatic rings. The van der Waals surface area contributed by atoms with Crippen molar-refractivity contribution in [1.29, 1.82) is 0 Å². The van der Waals surface area contributed by atoms with Crippen molar-refractivity contribution in [1.82, 2.24) is 15.6 Å². The van der Waals surface area contributed by atoms with E-state index in [9.17, 15) is 9.59 Å². The third kappa shape index (κ3) is 4.88. The minimum atomic E-state index is -0.288. The third-order valence-corrected chi connectivity index (χ3v) is 6.79. The number of benzene rings is 2. The zero-order valence-electron chi connectivity index (χ0n) is 19.3. The van der Waals surface area contributed by atoms with Crippen molar-refractivity contribution in [3.63, 3.8) is 0 Å². The molecule has 3 heterocycles. The molecular formula is C26H26ClN5O3. The lowest BCUT2D eigenvalue weighted by molar-refractivity contribution is 0.0966. The zero-order chi connectivity index (χ0) is 24.4. The second-order valence-corrected chi connectivity index (χ2v) is 9.11. The Morgan fingerprint density at radius 1 is 1.17 bits per heavy atom. The van der Waals surface area contributed by atoms with Gasteiger partial charge in [-0.3, -0.25) is 9.78 Å². The van der Waals surface area contributed by atoms with E-state index >= 15 is 0 Å². The maximum absolute atomic E-state index is 12.8. The first-order chi connectivity index (χ1) is 17.0. The number of nitrogens with zero attached hydrogens (tertiary/aromatic N) is 2. The number of carbonyl (C=O) groups is 2. The van der Waals surface area contributed by atoms with Crippen LogP contribution in [0.15, 0.2) is 60.8 Å². The van der Waals surface area contributed by atoms with Crippen LogP contribution in [0.2, 0.25) is 5.02 Å². The molecule has 2 aliphatic heterocycles. The Labute approximate surface area is 208 Å². The predicted molar refractivity (Wildman–Crippen MR) is 135 cm³/mol. The summed E-state index contributed by atoms with van der Waals surface area (Å²) in [5.74, 6) is 0.534. The van der Waals surface area contributed by atoms with Crippen LogP contribution < -0.4 is 25.6 Å². The van der Waals surface area contributed by atoms with E-state index in [1.165, 1.54) is 0 Å². The first-order valence-electron chi connectivity index (χ1n) is 11.5. The zero-order valence-corrected chi connectivity index (χ0v) is 20.0. The highest BCUT2D eigenvalue weighted by atomic mass is 35.5. The van der Waals surface area contributed by atoms with Gasteiger partial charge in [0.25, 0.3) is 5.91 Å². The van der Waals surface area contributed by atoms with Gasteiger partial charge in [-0.05, 0) is 54.4 Å². The average molecular weight is 492 g/mol. The van der Waals surface area contributed by atoms with E-state index in [1.54, 1.807) is 37.6 Å². The van der Waals surface area contributed by atoms with Gasteiger partial charge in [0.2, 0.25) is 0 Å². The number of hydrogen-bond acceptors (Lipinski definition) is 5. The van der Waals surface area contributed by atoms with Crippen molar-refractivity contribution in [2.75, 3.05) is 30.4 Å². The second kappa shape index (κ2) is 9.84. The Balaban J connectivity index is 1.38. The molecule has 2 atom stereocenters. The lowest BCUT2D eigenvalue weighted by Crippen LogP contribution is -2.51. The second-order valence-electron chi connectivity index (χ2n) is 8.67. The van der Waals surface area contributed by atoms with Crippen LogP contribution >= 0.6 is 11.6 Å². The van der Waals surface area contributed by atoms with Crippen molar-refractivity contribution >= 4 is 34.9 Å². The van der Waals surface area contributed by atoms with Crippen LogP contribution in [0.1, 0.15) is 34.0 Å². The Morgan fingerprint density at radius 2 is 2.00 bits per heavy atom. The molecule has 3 N–H and O–H groups in total. The summed E-state index contributed by atoms with van der Waals surface area (Å²) >= 11 is 5.95. The fourth-order valence-corrected chi connectivity index (χ4v) is 4.89. The minimum Gasteiger partial charge on any atom is -0.495 e. The maximum Gasteiger partial charge on any atom is 0.319 e. The van der Waals surface area contributed by atoms with Gasteiger partial charge in [0, 0.05) is 53.7 Å². The summed E-state index contributed by atoms with van der Waals surface area (Å²) in [4.78, 5) is 32.2. The van der Waals surface area contributed by atoms with E-state index in [0.717, 1.165) is 22.5 Å². The van der Waals surface area contributed by atoms with Crippen LogP contribution in [0.3, 0.4) is 0 Å². The molecule has 1 aromatic heterocycles. The highest BCUT2D eigenvalue weighted by Gasteiger charge is 2.35. The molecule has 3 amide bonds. The van der Waals surface area contributed by atoms with Crippen molar-refractivity contribution in [2.45, 2.75) is 24.9 Å². The average Bonchev–Trinajstić information content (AvgIpc) is 3.27. The molecule has 8 nitrogen and oxygen atoms in total. The fourth-order valence-electron chi connectivity index (χ4n) is 4.77. The molecule has 2 aromatic carbocycles. The van der Waals surface area contributed by atoms with Gasteiger partial charge in [-0.2, -0.15) is 0 Å². The standard InChI is InChI=1S/C26H26ClN5O3/c1-35-19-9-10-21(28-14-19)20-15-32(23-4-2-3-16-13-29-25(33)24(16)23)12-11-22(20)31-26(34)30-18-7-5-17(27)6-8-18/h2-10,14,20,22H,11-13,15H2,1H3,(H,29,33)(H2,30,31,34)/t20-,22+/m0/s1. The first-order valence-corrected chi connectivity index (χ1v) is 11.9. The van der Waals surface area contributed by atoms with E-state index in [-0.39, 0.29) is 23.9 Å². The first kappa shape index (κ1) is 23.0. The van der Waals surface area contributed by atoms with Crippen LogP contribution in [-0.4, -0.2) is 43.2 Å². The predicted octanol–water partition coefficient (Wildman–Crippen LogP) is 4.17. The number of methoxy groups -OCH3 is 1. The van der Waals surface area contributed by atoms with Gasteiger partial charge in [-0.25, -0.2) is 4.79 Å². The van der Waals surface area contributed by atoms with E-state index in [2.05, 4.69) is 25.8 Å². The normalized spacial score (nSPS) is 19.0. The number of pyridine rings is 1. The number of carbonyl (C=O) groups excluding carboxylic acids is 2. The molecule has 0 bridgehead atoms. The molecule has 180 valence electrons. The molecule has 1 fully saturated rings. The molecule has 0 unspecified atom stereocenters. The summed E-state index contributed by atoms with van der Waals surface area (Å²) in [7, 11) is 1.60. The number of rotatable bonds is 5. The van der Waals surface area contributed by atoms with Crippen LogP contribution in [0.5, 0.6) is 5.75 Å². The fraction of sp³-hybridized carbons (Fsp3) is 0.269. The van der Waals surface area contributed by atoms with Gasteiger partial charge in [-0.15, -0.1) is 0 Å². The summed E-state index contributed by atoms with van der Waals surface area (Å²) in [5, 5.41) is 9.53. The number of ether oxygens (including phenoxy) is 1. The van der Waals surface area contributed by atoms with E-state index in [4.69, 9.17) is 16.3 Å². The minimum absolute atomic E-state index is 0.0442. The monoisotopic (exact) mass is 491 g/mol. The molecule has 0 spiro atoms. The quantitative estimate of drug-likeness (QED) is 0.498. The van der Waals surface area contributed by atoms with E-state index in [0.29, 0.717) is 42.5 Å². The molecule has 0 aliphatic carbocycles. The molecule has 3 aromatic rings. The summed E-state index contributed by atoms with van der Waals surface area (Å²) in [6.45, 7) is 1.85. The van der Waals surface area contributed by atoms with Gasteiger partial charge in [0.05, 0.1) is 18.9 Å². The number of urea groups is 1. The highest BCUT2D eigenvalue weighted by molar-refractivity contribution is 6.30. The largest absolute Gasteiger partial charge is 0.495 e. The van der Waals surface area contributed by atoms with Crippen molar-refractivity contribution < 1.29 is 14.3 Å². The number of halogens is 1. The topological polar surface area (TPSA) is 95.6 Å². The van der Waals surface area contributed by atoms with Crippen LogP contribution in [-0.2, 0) is 6.54 Å². The summed E-state index contributed by atoms with van der Waals surface area (Å²) in [5.41, 5.74) is 4.17. The Hall–Kier alpha value is -3.78. The van der Waals surface area contributed by atoms with E-state index in [1.807, 2.05) is 30.3 Å². The van der Waals surface area contributed by atoms with Crippen molar-refractivity contribution in [3.8, 4) is 5.75 Å². The smallest absolute Gasteiger partial charge is 0.319 e. The lowest BCUT2D eigenvalue weighted by atomic mass is 9.88. The van der Waals surface area contributed by atoms with Crippen molar-refractivity contribution in [3.05, 3.63) is 82.6 Å². The highest BCUT2D eigenvalue weighted by Crippen LogP contribution is 2.34.